The van der Waals surface area contributed by atoms with E-state index in [2.05, 4.69) is 40.7 Å². The molecule has 0 radical (unpaired) electrons. The Kier molecular flexibility index (Phi) is 6.68. The summed E-state index contributed by atoms with van der Waals surface area (Å²) in [6.45, 7) is 6.89. The molecule has 142 valence electrons. The van der Waals surface area contributed by atoms with Gasteiger partial charge in [-0.05, 0) is 38.1 Å². The minimum absolute atomic E-state index is 0.583. The number of hydrogen-bond donors (Lipinski definition) is 2. The molecule has 0 atom stereocenters. The average Bonchev–Trinajstić information content (AvgIpc) is 3.09. The van der Waals surface area contributed by atoms with Crippen molar-refractivity contribution in [1.82, 2.24) is 20.0 Å². The van der Waals surface area contributed by atoms with Gasteiger partial charge in [0.2, 0.25) is 0 Å². The van der Waals surface area contributed by atoms with E-state index in [0.717, 1.165) is 36.0 Å². The minimum atomic E-state index is 0.583. The van der Waals surface area contributed by atoms with Gasteiger partial charge in [-0.3, -0.25) is 4.99 Å². The van der Waals surface area contributed by atoms with Crippen molar-refractivity contribution in [2.75, 3.05) is 26.2 Å². The molecule has 2 N–H and O–H groups in total. The molecule has 0 saturated heterocycles. The molecule has 0 bridgehead atoms. The summed E-state index contributed by atoms with van der Waals surface area (Å²) in [5.41, 5.74) is 3.24. The number of rotatable bonds is 8. The summed E-state index contributed by atoms with van der Waals surface area (Å²) >= 11 is 0. The van der Waals surface area contributed by atoms with Crippen molar-refractivity contribution < 1.29 is 4.74 Å². The summed E-state index contributed by atoms with van der Waals surface area (Å²) < 4.78 is 7.77. The Morgan fingerprint density at radius 3 is 2.78 bits per heavy atom. The number of guanidine groups is 1. The predicted molar refractivity (Wildman–Crippen MR) is 110 cm³/mol. The zero-order chi connectivity index (χ0) is 18.9. The summed E-state index contributed by atoms with van der Waals surface area (Å²) in [6, 6.07) is 14.1. The van der Waals surface area contributed by atoms with Crippen LogP contribution in [0, 0.1) is 6.92 Å². The molecule has 1 aromatic carbocycles. The normalized spacial score (nSPS) is 11.6. The number of benzene rings is 1. The van der Waals surface area contributed by atoms with Crippen LogP contribution in [0.3, 0.4) is 0 Å². The number of ether oxygens (including phenoxy) is 1. The number of hydrogen-bond acceptors (Lipinski definition) is 3. The van der Waals surface area contributed by atoms with Crippen molar-refractivity contribution in [3.05, 3.63) is 66.1 Å². The third-order valence-corrected chi connectivity index (χ3v) is 4.08. The molecule has 2 heterocycles. The van der Waals surface area contributed by atoms with E-state index in [1.54, 1.807) is 0 Å². The maximum absolute atomic E-state index is 5.74. The molecule has 0 unspecified atom stereocenters. The van der Waals surface area contributed by atoms with E-state index < -0.39 is 0 Å². The first-order valence-corrected chi connectivity index (χ1v) is 9.39. The Labute approximate surface area is 160 Å². The lowest BCUT2D eigenvalue weighted by atomic mass is 10.2. The molecule has 0 fully saturated rings. The van der Waals surface area contributed by atoms with Gasteiger partial charge in [0.05, 0.1) is 12.2 Å². The fraction of sp³-hybridized carbons (Fsp3) is 0.333. The highest BCUT2D eigenvalue weighted by Crippen LogP contribution is 2.10. The molecular weight excluding hydrogens is 338 g/mol. The lowest BCUT2D eigenvalue weighted by Crippen LogP contribution is -2.39. The lowest BCUT2D eigenvalue weighted by molar-refractivity contribution is 0.322. The van der Waals surface area contributed by atoms with Gasteiger partial charge in [0.1, 0.15) is 18.0 Å². The van der Waals surface area contributed by atoms with Crippen LogP contribution in [0.1, 0.15) is 18.2 Å². The first kappa shape index (κ1) is 18.8. The van der Waals surface area contributed by atoms with Gasteiger partial charge in [-0.25, -0.2) is 4.98 Å². The van der Waals surface area contributed by atoms with Crippen LogP contribution in [0.5, 0.6) is 5.75 Å². The maximum Gasteiger partial charge on any atom is 0.191 e. The summed E-state index contributed by atoms with van der Waals surface area (Å²) in [5, 5.41) is 6.56. The zero-order valence-corrected chi connectivity index (χ0v) is 16.0. The second-order valence-corrected chi connectivity index (χ2v) is 6.30. The molecule has 3 rings (SSSR count). The second-order valence-electron chi connectivity index (χ2n) is 6.30. The van der Waals surface area contributed by atoms with E-state index in [4.69, 9.17) is 4.74 Å². The van der Waals surface area contributed by atoms with Crippen LogP contribution in [0.2, 0.25) is 0 Å². The second kappa shape index (κ2) is 9.62. The first-order chi connectivity index (χ1) is 13.2. The zero-order valence-electron chi connectivity index (χ0n) is 16.0. The van der Waals surface area contributed by atoms with Crippen LogP contribution < -0.4 is 15.4 Å². The van der Waals surface area contributed by atoms with Crippen molar-refractivity contribution in [2.24, 2.45) is 4.99 Å². The van der Waals surface area contributed by atoms with E-state index in [9.17, 15) is 0 Å². The largest absolute Gasteiger partial charge is 0.492 e. The molecule has 0 amide bonds. The van der Waals surface area contributed by atoms with E-state index in [-0.39, 0.29) is 0 Å². The van der Waals surface area contributed by atoms with Crippen molar-refractivity contribution in [1.29, 1.82) is 0 Å². The number of aromatic nitrogens is 2. The highest BCUT2D eigenvalue weighted by molar-refractivity contribution is 5.79. The number of pyridine rings is 1. The molecule has 0 aliphatic heterocycles. The quantitative estimate of drug-likeness (QED) is 0.366. The van der Waals surface area contributed by atoms with Crippen molar-refractivity contribution in [2.45, 2.75) is 20.3 Å². The number of fused-ring (bicyclic) bond motifs is 1. The van der Waals surface area contributed by atoms with Gasteiger partial charge in [-0.2, -0.15) is 0 Å². The Hall–Kier alpha value is -3.02. The highest BCUT2D eigenvalue weighted by atomic mass is 16.5. The Bertz CT molecular complexity index is 837. The van der Waals surface area contributed by atoms with Gasteiger partial charge in [0.25, 0.3) is 0 Å². The third-order valence-electron chi connectivity index (χ3n) is 4.08. The Morgan fingerprint density at radius 1 is 1.15 bits per heavy atom. The van der Waals surface area contributed by atoms with Gasteiger partial charge < -0.3 is 19.8 Å². The molecule has 6 heteroatoms. The van der Waals surface area contributed by atoms with Crippen LogP contribution in [0.15, 0.2) is 59.9 Å². The maximum atomic E-state index is 5.74. The number of aliphatic imine (C=N–C) groups is 1. The summed E-state index contributed by atoms with van der Waals surface area (Å²) in [6.07, 6.45) is 4.87. The van der Waals surface area contributed by atoms with Gasteiger partial charge in [0.15, 0.2) is 5.96 Å². The highest BCUT2D eigenvalue weighted by Gasteiger charge is 2.02. The molecule has 2 aromatic heterocycles. The number of nitrogens with zero attached hydrogens (tertiary/aromatic N) is 3. The molecule has 0 aliphatic carbocycles. The van der Waals surface area contributed by atoms with Gasteiger partial charge in [-0.1, -0.05) is 23.8 Å². The molecule has 6 nitrogen and oxygen atoms in total. The minimum Gasteiger partial charge on any atom is -0.492 e. The van der Waals surface area contributed by atoms with Gasteiger partial charge in [0, 0.05) is 31.9 Å². The van der Waals surface area contributed by atoms with Crippen LogP contribution in [-0.2, 0) is 6.42 Å². The van der Waals surface area contributed by atoms with E-state index in [1.165, 1.54) is 5.56 Å². The SMILES string of the molecule is CCNC(=NCCc1cn2ccccc2n1)NCCOc1ccc(C)cc1. The van der Waals surface area contributed by atoms with Crippen LogP contribution in [0.4, 0.5) is 0 Å². The fourth-order valence-corrected chi connectivity index (χ4v) is 2.70. The molecule has 0 spiro atoms. The monoisotopic (exact) mass is 365 g/mol. The van der Waals surface area contributed by atoms with E-state index >= 15 is 0 Å². The topological polar surface area (TPSA) is 63.0 Å². The molecule has 0 aliphatic rings. The molecule has 3 aromatic rings. The smallest absolute Gasteiger partial charge is 0.191 e. The first-order valence-electron chi connectivity index (χ1n) is 9.39. The van der Waals surface area contributed by atoms with Crippen molar-refractivity contribution in [3.8, 4) is 5.75 Å². The Morgan fingerprint density at radius 2 is 2.00 bits per heavy atom. The predicted octanol–water partition coefficient (Wildman–Crippen LogP) is 2.82. The summed E-state index contributed by atoms with van der Waals surface area (Å²) in [5.74, 6) is 1.69. The van der Waals surface area contributed by atoms with Crippen LogP contribution in [0.25, 0.3) is 5.65 Å². The average molecular weight is 365 g/mol. The number of aryl methyl sites for hydroxylation is 1. The van der Waals surface area contributed by atoms with Crippen molar-refractivity contribution in [3.63, 3.8) is 0 Å². The Balaban J connectivity index is 1.45. The van der Waals surface area contributed by atoms with Gasteiger partial charge >= 0.3 is 0 Å². The molecular formula is C21H27N5O. The molecule has 0 saturated carbocycles. The van der Waals surface area contributed by atoms with Crippen LogP contribution >= 0.6 is 0 Å². The lowest BCUT2D eigenvalue weighted by Gasteiger charge is -2.12. The molecule has 27 heavy (non-hydrogen) atoms. The fourth-order valence-electron chi connectivity index (χ4n) is 2.70. The van der Waals surface area contributed by atoms with E-state index in [0.29, 0.717) is 19.7 Å². The number of imidazole rings is 1. The third kappa shape index (κ3) is 5.74. The van der Waals surface area contributed by atoms with E-state index in [1.807, 2.05) is 53.1 Å². The summed E-state index contributed by atoms with van der Waals surface area (Å²) in [4.78, 5) is 9.23. The summed E-state index contributed by atoms with van der Waals surface area (Å²) in [7, 11) is 0. The number of nitrogens with one attached hydrogen (secondary N) is 2. The van der Waals surface area contributed by atoms with Crippen LogP contribution in [-0.4, -0.2) is 41.6 Å². The van der Waals surface area contributed by atoms with Gasteiger partial charge in [-0.15, -0.1) is 0 Å². The van der Waals surface area contributed by atoms with Crippen molar-refractivity contribution >= 4 is 11.6 Å². The standard InChI is InChI=1S/C21H27N5O/c1-3-22-21(24-13-15-27-19-9-7-17(2)8-10-19)23-12-11-18-16-26-14-5-4-6-20(26)25-18/h4-10,14,16H,3,11-13,15H2,1-2H3,(H2,22,23,24).